The van der Waals surface area contributed by atoms with Gasteiger partial charge in [-0.05, 0) is 43.5 Å². The van der Waals surface area contributed by atoms with E-state index in [9.17, 15) is 9.59 Å². The van der Waals surface area contributed by atoms with E-state index in [1.807, 2.05) is 20.8 Å². The molecular formula is C18H22N4O2. The third-order valence-corrected chi connectivity index (χ3v) is 3.61. The standard InChI is InChI=1S/C18H22N4O2/c1-4-16(22-18(24)15-6-13(3)8-20-10-15)11-21-17(23)14-5-12(2)7-19-9-14/h5-10,16H,4,11H2,1-3H3,(H,21,23)(H,22,24)/t16-/m1/s1. The molecule has 2 heterocycles. The van der Waals surface area contributed by atoms with Crippen LogP contribution in [0.25, 0.3) is 0 Å². The van der Waals surface area contributed by atoms with Crippen LogP contribution in [0.3, 0.4) is 0 Å². The van der Waals surface area contributed by atoms with E-state index in [1.165, 1.54) is 12.4 Å². The van der Waals surface area contributed by atoms with E-state index < -0.39 is 0 Å². The van der Waals surface area contributed by atoms with Crippen LogP contribution in [-0.4, -0.2) is 34.4 Å². The van der Waals surface area contributed by atoms with Crippen LogP contribution in [0.4, 0.5) is 0 Å². The Bertz CT molecular complexity index is 730. The van der Waals surface area contributed by atoms with Gasteiger partial charge in [0.25, 0.3) is 11.8 Å². The van der Waals surface area contributed by atoms with Crippen molar-refractivity contribution in [1.29, 1.82) is 0 Å². The van der Waals surface area contributed by atoms with Crippen LogP contribution in [0.15, 0.2) is 36.9 Å². The zero-order valence-corrected chi connectivity index (χ0v) is 14.2. The summed E-state index contributed by atoms with van der Waals surface area (Å²) < 4.78 is 0. The molecule has 24 heavy (non-hydrogen) atoms. The molecule has 0 radical (unpaired) electrons. The fraction of sp³-hybridized carbons (Fsp3) is 0.333. The fourth-order valence-corrected chi connectivity index (χ4v) is 2.24. The van der Waals surface area contributed by atoms with Gasteiger partial charge in [-0.25, -0.2) is 0 Å². The maximum Gasteiger partial charge on any atom is 0.253 e. The average molecular weight is 326 g/mol. The van der Waals surface area contributed by atoms with Gasteiger partial charge in [0.1, 0.15) is 0 Å². The van der Waals surface area contributed by atoms with Crippen LogP contribution in [0.2, 0.25) is 0 Å². The molecular weight excluding hydrogens is 304 g/mol. The van der Waals surface area contributed by atoms with E-state index in [0.29, 0.717) is 24.1 Å². The van der Waals surface area contributed by atoms with E-state index in [-0.39, 0.29) is 17.9 Å². The maximum atomic E-state index is 12.3. The van der Waals surface area contributed by atoms with Crippen molar-refractivity contribution in [3.05, 3.63) is 59.2 Å². The largest absolute Gasteiger partial charge is 0.350 e. The highest BCUT2D eigenvalue weighted by Gasteiger charge is 2.14. The summed E-state index contributed by atoms with van der Waals surface area (Å²) >= 11 is 0. The van der Waals surface area contributed by atoms with Crippen molar-refractivity contribution in [1.82, 2.24) is 20.6 Å². The summed E-state index contributed by atoms with van der Waals surface area (Å²) in [6.45, 7) is 6.08. The van der Waals surface area contributed by atoms with Crippen LogP contribution >= 0.6 is 0 Å². The van der Waals surface area contributed by atoms with E-state index in [2.05, 4.69) is 20.6 Å². The molecule has 0 saturated carbocycles. The second kappa shape index (κ2) is 8.19. The average Bonchev–Trinajstić information content (AvgIpc) is 2.58. The molecule has 2 aromatic heterocycles. The number of rotatable bonds is 6. The highest BCUT2D eigenvalue weighted by atomic mass is 16.2. The summed E-state index contributed by atoms with van der Waals surface area (Å²) in [6.07, 6.45) is 7.16. The number of carbonyl (C=O) groups is 2. The lowest BCUT2D eigenvalue weighted by molar-refractivity contribution is 0.0907. The molecule has 2 N–H and O–H groups in total. The van der Waals surface area contributed by atoms with E-state index in [4.69, 9.17) is 0 Å². The number of nitrogens with one attached hydrogen (secondary N) is 2. The maximum absolute atomic E-state index is 12.3. The summed E-state index contributed by atoms with van der Waals surface area (Å²) in [6, 6.07) is 3.41. The Balaban J connectivity index is 1.92. The Morgan fingerprint density at radius 2 is 1.50 bits per heavy atom. The van der Waals surface area contributed by atoms with Crippen molar-refractivity contribution in [3.63, 3.8) is 0 Å². The summed E-state index contributed by atoms with van der Waals surface area (Å²) in [5, 5.41) is 5.76. The molecule has 126 valence electrons. The number of carbonyl (C=O) groups excluding carboxylic acids is 2. The second-order valence-electron chi connectivity index (χ2n) is 5.79. The van der Waals surface area contributed by atoms with Crippen LogP contribution in [0.1, 0.15) is 45.2 Å². The van der Waals surface area contributed by atoms with Crippen molar-refractivity contribution in [2.45, 2.75) is 33.2 Å². The van der Waals surface area contributed by atoms with Crippen LogP contribution < -0.4 is 10.6 Å². The Hall–Kier alpha value is -2.76. The lowest BCUT2D eigenvalue weighted by Gasteiger charge is -2.18. The molecule has 2 rings (SSSR count). The zero-order chi connectivity index (χ0) is 17.5. The second-order valence-corrected chi connectivity index (χ2v) is 5.79. The van der Waals surface area contributed by atoms with Gasteiger partial charge in [0.15, 0.2) is 0 Å². The van der Waals surface area contributed by atoms with E-state index in [0.717, 1.165) is 11.1 Å². The van der Waals surface area contributed by atoms with E-state index >= 15 is 0 Å². The molecule has 0 bridgehead atoms. The molecule has 2 aromatic rings. The minimum absolute atomic E-state index is 0.153. The monoisotopic (exact) mass is 326 g/mol. The van der Waals surface area contributed by atoms with Crippen LogP contribution in [-0.2, 0) is 0 Å². The number of nitrogens with zero attached hydrogens (tertiary/aromatic N) is 2. The molecule has 0 spiro atoms. The van der Waals surface area contributed by atoms with Crippen LogP contribution in [0.5, 0.6) is 0 Å². The van der Waals surface area contributed by atoms with Crippen molar-refractivity contribution in [3.8, 4) is 0 Å². The number of pyridine rings is 2. The van der Waals surface area contributed by atoms with Gasteiger partial charge in [0.2, 0.25) is 0 Å². The molecule has 0 aliphatic heterocycles. The zero-order valence-electron chi connectivity index (χ0n) is 14.2. The molecule has 0 aliphatic carbocycles. The third-order valence-electron chi connectivity index (χ3n) is 3.61. The van der Waals surface area contributed by atoms with Gasteiger partial charge in [0.05, 0.1) is 11.1 Å². The van der Waals surface area contributed by atoms with Crippen molar-refractivity contribution in [2.75, 3.05) is 6.54 Å². The highest BCUT2D eigenvalue weighted by Crippen LogP contribution is 2.03. The topological polar surface area (TPSA) is 84.0 Å². The lowest BCUT2D eigenvalue weighted by Crippen LogP contribution is -2.43. The van der Waals surface area contributed by atoms with Gasteiger partial charge in [-0.1, -0.05) is 6.92 Å². The van der Waals surface area contributed by atoms with Gasteiger partial charge in [-0.2, -0.15) is 0 Å². The van der Waals surface area contributed by atoms with Crippen molar-refractivity contribution < 1.29 is 9.59 Å². The van der Waals surface area contributed by atoms with Crippen LogP contribution in [0, 0.1) is 13.8 Å². The Morgan fingerprint density at radius 1 is 0.958 bits per heavy atom. The number of hydrogen-bond donors (Lipinski definition) is 2. The third kappa shape index (κ3) is 4.87. The smallest absolute Gasteiger partial charge is 0.253 e. The summed E-state index contributed by atoms with van der Waals surface area (Å²) in [7, 11) is 0. The predicted octanol–water partition coefficient (Wildman–Crippen LogP) is 2.03. The summed E-state index contributed by atoms with van der Waals surface area (Å²) in [5.74, 6) is -0.388. The minimum atomic E-state index is -0.198. The molecule has 0 aromatic carbocycles. The van der Waals surface area contributed by atoms with Gasteiger partial charge < -0.3 is 10.6 Å². The van der Waals surface area contributed by atoms with Gasteiger partial charge in [-0.3, -0.25) is 19.6 Å². The van der Waals surface area contributed by atoms with Crippen molar-refractivity contribution in [2.24, 2.45) is 0 Å². The number of amides is 2. The molecule has 0 fully saturated rings. The van der Waals surface area contributed by atoms with Crippen molar-refractivity contribution >= 4 is 11.8 Å². The number of aryl methyl sites for hydroxylation is 2. The van der Waals surface area contributed by atoms with Gasteiger partial charge in [0, 0.05) is 37.4 Å². The molecule has 6 nitrogen and oxygen atoms in total. The first-order chi connectivity index (χ1) is 11.5. The van der Waals surface area contributed by atoms with Gasteiger partial charge >= 0.3 is 0 Å². The SMILES string of the molecule is CC[C@H](CNC(=O)c1cncc(C)c1)NC(=O)c1cncc(C)c1. The Kier molecular flexibility index (Phi) is 6.01. The number of hydrogen-bond acceptors (Lipinski definition) is 4. The molecule has 0 saturated heterocycles. The molecule has 2 amide bonds. The first-order valence-electron chi connectivity index (χ1n) is 7.92. The number of aromatic nitrogens is 2. The molecule has 6 heteroatoms. The minimum Gasteiger partial charge on any atom is -0.350 e. The summed E-state index contributed by atoms with van der Waals surface area (Å²) in [4.78, 5) is 32.4. The Morgan fingerprint density at radius 3 is 2.00 bits per heavy atom. The highest BCUT2D eigenvalue weighted by molar-refractivity contribution is 5.95. The summed E-state index contributed by atoms with van der Waals surface area (Å²) in [5.41, 5.74) is 2.88. The van der Waals surface area contributed by atoms with Gasteiger partial charge in [-0.15, -0.1) is 0 Å². The fourth-order valence-electron chi connectivity index (χ4n) is 2.24. The first kappa shape index (κ1) is 17.6. The van der Waals surface area contributed by atoms with E-state index in [1.54, 1.807) is 24.5 Å². The normalized spacial score (nSPS) is 11.6. The quantitative estimate of drug-likeness (QED) is 0.851. The lowest BCUT2D eigenvalue weighted by atomic mass is 10.1. The molecule has 0 aliphatic rings. The Labute approximate surface area is 141 Å². The molecule has 1 atom stereocenters. The first-order valence-corrected chi connectivity index (χ1v) is 7.92. The molecule has 0 unspecified atom stereocenters. The predicted molar refractivity (Wildman–Crippen MR) is 91.8 cm³/mol.